The molecule has 0 spiro atoms. The van der Waals surface area contributed by atoms with Gasteiger partial charge in [0.2, 0.25) is 0 Å². The summed E-state index contributed by atoms with van der Waals surface area (Å²) in [5, 5.41) is 14.6. The minimum atomic E-state index is -1.32. The lowest BCUT2D eigenvalue weighted by molar-refractivity contribution is -0.139. The van der Waals surface area contributed by atoms with Gasteiger partial charge in [-0.25, -0.2) is 4.79 Å². The molecule has 3 rings (SSSR count). The number of benzene rings is 2. The number of allylic oxidation sites excluding steroid dienone is 2. The van der Waals surface area contributed by atoms with Crippen LogP contribution in [0.4, 0.5) is 0 Å². The minimum Gasteiger partial charge on any atom is -0.480 e. The zero-order valence-corrected chi connectivity index (χ0v) is 21.2. The SMILES string of the molecule is O=C(CC[C@H](NC(=O)c1c(Cl)cccc1Cl)C(=O)O)CNC(=O)c1cccc(CC2=CCCCC2)c1. The summed E-state index contributed by atoms with van der Waals surface area (Å²) in [6, 6.07) is 10.5. The number of hydrogen-bond acceptors (Lipinski definition) is 4. The Bertz CT molecular complexity index is 1160. The van der Waals surface area contributed by atoms with E-state index < -0.39 is 17.9 Å². The second-order valence-corrected chi connectivity index (χ2v) is 9.52. The van der Waals surface area contributed by atoms with Crippen LogP contribution in [0.5, 0.6) is 0 Å². The molecular weight excluding hydrogens is 503 g/mol. The van der Waals surface area contributed by atoms with Gasteiger partial charge in [-0.3, -0.25) is 14.4 Å². The number of aliphatic carboxylic acids is 1. The number of carboxylic acid groups (broad SMARTS) is 1. The molecule has 3 N–H and O–H groups in total. The summed E-state index contributed by atoms with van der Waals surface area (Å²) in [7, 11) is 0. The van der Waals surface area contributed by atoms with Crippen LogP contribution in [0.1, 0.15) is 64.8 Å². The molecule has 0 bridgehead atoms. The number of rotatable bonds is 11. The van der Waals surface area contributed by atoms with Crippen LogP contribution in [0, 0.1) is 0 Å². The summed E-state index contributed by atoms with van der Waals surface area (Å²) in [4.78, 5) is 49.0. The van der Waals surface area contributed by atoms with Crippen molar-refractivity contribution < 1.29 is 24.3 Å². The van der Waals surface area contributed by atoms with Crippen LogP contribution in [0.25, 0.3) is 0 Å². The molecule has 1 aliphatic carbocycles. The number of nitrogens with one attached hydrogen (secondary N) is 2. The summed E-state index contributed by atoms with van der Waals surface area (Å²) in [5.41, 5.74) is 2.85. The minimum absolute atomic E-state index is 0.0346. The van der Waals surface area contributed by atoms with E-state index >= 15 is 0 Å². The number of Topliss-reactive ketones (excluding diaryl/α,β-unsaturated/α-hetero) is 1. The molecule has 190 valence electrons. The van der Waals surface area contributed by atoms with Gasteiger partial charge >= 0.3 is 5.97 Å². The van der Waals surface area contributed by atoms with Gasteiger partial charge in [0, 0.05) is 12.0 Å². The van der Waals surface area contributed by atoms with E-state index in [4.69, 9.17) is 23.2 Å². The van der Waals surface area contributed by atoms with Crippen LogP contribution in [0.15, 0.2) is 54.1 Å². The second-order valence-electron chi connectivity index (χ2n) is 8.71. The van der Waals surface area contributed by atoms with Gasteiger partial charge in [-0.15, -0.1) is 0 Å². The van der Waals surface area contributed by atoms with Crippen molar-refractivity contribution in [1.82, 2.24) is 10.6 Å². The molecule has 2 amide bonds. The number of halogens is 2. The fourth-order valence-corrected chi connectivity index (χ4v) is 4.60. The van der Waals surface area contributed by atoms with Gasteiger partial charge in [0.25, 0.3) is 11.8 Å². The lowest BCUT2D eigenvalue weighted by Gasteiger charge is -2.15. The molecule has 0 saturated heterocycles. The third-order valence-corrected chi connectivity index (χ3v) is 6.59. The Morgan fingerprint density at radius 3 is 2.36 bits per heavy atom. The molecule has 2 aromatic carbocycles. The standard InChI is InChI=1S/C27H28Cl2N2O5/c28-21-10-5-11-22(29)24(21)26(34)31-23(27(35)36)13-12-20(32)16-30-25(33)19-9-4-8-18(15-19)14-17-6-2-1-3-7-17/h4-6,8-11,15,23H,1-3,7,12-14,16H2,(H,30,33)(H,31,34)(H,35,36)/t23-/m0/s1. The van der Waals surface area contributed by atoms with Crippen LogP contribution < -0.4 is 10.6 Å². The molecule has 0 aliphatic heterocycles. The third kappa shape index (κ3) is 7.93. The molecule has 1 aliphatic rings. The highest BCUT2D eigenvalue weighted by molar-refractivity contribution is 6.39. The Labute approximate surface area is 219 Å². The van der Waals surface area contributed by atoms with Gasteiger partial charge in [-0.05, 0) is 68.4 Å². The van der Waals surface area contributed by atoms with Crippen molar-refractivity contribution in [3.05, 3.63) is 80.8 Å². The monoisotopic (exact) mass is 530 g/mol. The predicted molar refractivity (Wildman–Crippen MR) is 139 cm³/mol. The van der Waals surface area contributed by atoms with Crippen LogP contribution in [0.3, 0.4) is 0 Å². The lowest BCUT2D eigenvalue weighted by Crippen LogP contribution is -2.41. The van der Waals surface area contributed by atoms with Crippen molar-refractivity contribution in [3.8, 4) is 0 Å². The van der Waals surface area contributed by atoms with E-state index in [2.05, 4.69) is 16.7 Å². The lowest BCUT2D eigenvalue weighted by atomic mass is 9.93. The molecule has 0 heterocycles. The highest BCUT2D eigenvalue weighted by Gasteiger charge is 2.24. The molecule has 0 radical (unpaired) electrons. The maximum atomic E-state index is 12.6. The summed E-state index contributed by atoms with van der Waals surface area (Å²) >= 11 is 12.0. The predicted octanol–water partition coefficient (Wildman–Crippen LogP) is 5.00. The molecular formula is C27H28Cl2N2O5. The number of hydrogen-bond donors (Lipinski definition) is 3. The first kappa shape index (κ1) is 27.4. The summed E-state index contributed by atoms with van der Waals surface area (Å²) in [6.45, 7) is -0.245. The zero-order valence-electron chi connectivity index (χ0n) is 19.7. The second kappa shape index (κ2) is 13.2. The molecule has 0 unspecified atom stereocenters. The highest BCUT2D eigenvalue weighted by atomic mass is 35.5. The van der Waals surface area contributed by atoms with E-state index in [0.717, 1.165) is 24.8 Å². The number of carbonyl (C=O) groups excluding carboxylic acids is 3. The molecule has 7 nitrogen and oxygen atoms in total. The smallest absolute Gasteiger partial charge is 0.326 e. The molecule has 0 fully saturated rings. The van der Waals surface area contributed by atoms with Crippen molar-refractivity contribution in [1.29, 1.82) is 0 Å². The van der Waals surface area contributed by atoms with Gasteiger partial charge in [0.15, 0.2) is 5.78 Å². The maximum Gasteiger partial charge on any atom is 0.326 e. The van der Waals surface area contributed by atoms with Crippen LogP contribution >= 0.6 is 23.2 Å². The molecule has 0 aromatic heterocycles. The van der Waals surface area contributed by atoms with Gasteiger partial charge in [-0.2, -0.15) is 0 Å². The number of carboxylic acids is 1. The normalized spacial score (nSPS) is 13.9. The maximum absolute atomic E-state index is 12.6. The summed E-state index contributed by atoms with van der Waals surface area (Å²) in [6.07, 6.45) is 7.35. The first-order chi connectivity index (χ1) is 17.2. The van der Waals surface area contributed by atoms with E-state index in [0.29, 0.717) is 5.56 Å². The van der Waals surface area contributed by atoms with E-state index in [1.807, 2.05) is 18.2 Å². The van der Waals surface area contributed by atoms with Crippen molar-refractivity contribution >= 4 is 46.8 Å². The molecule has 2 aromatic rings. The number of amides is 2. The Morgan fingerprint density at radius 1 is 0.972 bits per heavy atom. The van der Waals surface area contributed by atoms with Crippen molar-refractivity contribution in [2.24, 2.45) is 0 Å². The van der Waals surface area contributed by atoms with Gasteiger partial charge in [0.05, 0.1) is 22.2 Å². The quantitative estimate of drug-likeness (QED) is 0.354. The average molecular weight is 531 g/mol. The zero-order chi connectivity index (χ0) is 26.1. The number of carbonyl (C=O) groups is 4. The van der Waals surface area contributed by atoms with Gasteiger partial charge in [0.1, 0.15) is 6.04 Å². The van der Waals surface area contributed by atoms with Crippen LogP contribution in [-0.2, 0) is 16.0 Å². The average Bonchev–Trinajstić information content (AvgIpc) is 2.85. The van der Waals surface area contributed by atoms with Crippen LogP contribution in [0.2, 0.25) is 10.0 Å². The molecule has 9 heteroatoms. The summed E-state index contributed by atoms with van der Waals surface area (Å²) < 4.78 is 0. The Morgan fingerprint density at radius 2 is 1.69 bits per heavy atom. The molecule has 1 atom stereocenters. The van der Waals surface area contributed by atoms with Crippen molar-refractivity contribution in [3.63, 3.8) is 0 Å². The van der Waals surface area contributed by atoms with E-state index in [9.17, 15) is 24.3 Å². The Balaban J connectivity index is 1.50. The Hall–Kier alpha value is -3.16. The fraction of sp³-hybridized carbons (Fsp3) is 0.333. The van der Waals surface area contributed by atoms with E-state index in [1.54, 1.807) is 12.1 Å². The first-order valence-corrected chi connectivity index (χ1v) is 12.5. The fourth-order valence-electron chi connectivity index (χ4n) is 4.03. The topological polar surface area (TPSA) is 113 Å². The first-order valence-electron chi connectivity index (χ1n) is 11.8. The summed E-state index contributed by atoms with van der Waals surface area (Å²) in [5.74, 6) is -2.78. The van der Waals surface area contributed by atoms with Crippen LogP contribution in [-0.4, -0.2) is 41.3 Å². The van der Waals surface area contributed by atoms with E-state index in [1.165, 1.54) is 30.5 Å². The molecule has 36 heavy (non-hydrogen) atoms. The Kier molecular flexibility index (Phi) is 10.1. The third-order valence-electron chi connectivity index (χ3n) is 5.96. The number of ketones is 1. The highest BCUT2D eigenvalue weighted by Crippen LogP contribution is 2.24. The molecule has 0 saturated carbocycles. The largest absolute Gasteiger partial charge is 0.480 e. The van der Waals surface area contributed by atoms with Crippen molar-refractivity contribution in [2.75, 3.05) is 6.54 Å². The van der Waals surface area contributed by atoms with E-state index in [-0.39, 0.29) is 46.7 Å². The van der Waals surface area contributed by atoms with Gasteiger partial charge in [-0.1, -0.05) is 53.1 Å². The van der Waals surface area contributed by atoms with Crippen molar-refractivity contribution in [2.45, 2.75) is 51.0 Å². The van der Waals surface area contributed by atoms with Gasteiger partial charge < -0.3 is 15.7 Å².